The van der Waals surface area contributed by atoms with E-state index in [2.05, 4.69) is 10.3 Å². The van der Waals surface area contributed by atoms with E-state index in [0.29, 0.717) is 11.2 Å². The zero-order valence-electron chi connectivity index (χ0n) is 17.2. The van der Waals surface area contributed by atoms with Gasteiger partial charge in [0.1, 0.15) is 5.56 Å². The number of pyridine rings is 1. The molecule has 1 heterocycles. The van der Waals surface area contributed by atoms with Crippen LogP contribution in [0.3, 0.4) is 0 Å². The number of aromatic amines is 1. The van der Waals surface area contributed by atoms with E-state index in [0.717, 1.165) is 6.42 Å². The predicted octanol–water partition coefficient (Wildman–Crippen LogP) is 3.27. The van der Waals surface area contributed by atoms with E-state index >= 15 is 0 Å². The van der Waals surface area contributed by atoms with Gasteiger partial charge in [0.25, 0.3) is 15.9 Å². The molecular weight excluding hydrogens is 402 g/mol. The maximum absolute atomic E-state index is 13.3. The molecule has 0 aliphatic heterocycles. The molecule has 2 N–H and O–H groups in total. The fourth-order valence-electron chi connectivity index (χ4n) is 3.14. The van der Waals surface area contributed by atoms with Crippen LogP contribution < -0.4 is 15.1 Å². The number of nitrogens with zero attached hydrogens (tertiary/aromatic N) is 1. The molecule has 0 fully saturated rings. The van der Waals surface area contributed by atoms with Crippen LogP contribution in [0.25, 0.3) is 10.9 Å². The highest BCUT2D eigenvalue weighted by Crippen LogP contribution is 2.24. The number of aromatic nitrogens is 1. The van der Waals surface area contributed by atoms with Crippen molar-refractivity contribution in [1.82, 2.24) is 10.3 Å². The average Bonchev–Trinajstić information content (AvgIpc) is 2.74. The zero-order chi connectivity index (χ0) is 21.9. The third-order valence-electron chi connectivity index (χ3n) is 5.01. The van der Waals surface area contributed by atoms with Crippen LogP contribution >= 0.6 is 0 Å². The molecule has 0 aliphatic carbocycles. The molecule has 7 nitrogen and oxygen atoms in total. The van der Waals surface area contributed by atoms with Crippen molar-refractivity contribution in [2.75, 3.05) is 10.8 Å². The SMILES string of the molecule is CC[C@@H](C)NC(=O)c1c[nH]c2ccc(S(=O)(=O)N(CC)c3ccccc3)cc2c1=O. The van der Waals surface area contributed by atoms with Crippen molar-refractivity contribution in [3.8, 4) is 0 Å². The van der Waals surface area contributed by atoms with Crippen molar-refractivity contribution in [3.05, 3.63) is 70.5 Å². The lowest BCUT2D eigenvalue weighted by Crippen LogP contribution is -2.35. The summed E-state index contributed by atoms with van der Waals surface area (Å²) in [5, 5.41) is 2.91. The number of carbonyl (C=O) groups excluding carboxylic acids is 1. The number of sulfonamides is 1. The van der Waals surface area contributed by atoms with Gasteiger partial charge in [0.2, 0.25) is 5.43 Å². The van der Waals surface area contributed by atoms with Gasteiger partial charge >= 0.3 is 0 Å². The number of nitrogens with one attached hydrogen (secondary N) is 2. The van der Waals surface area contributed by atoms with Crippen LogP contribution in [0.15, 0.2) is 64.4 Å². The summed E-state index contributed by atoms with van der Waals surface area (Å²) < 4.78 is 27.8. The molecule has 8 heteroatoms. The Morgan fingerprint density at radius 1 is 1.13 bits per heavy atom. The fraction of sp³-hybridized carbons (Fsp3) is 0.273. The van der Waals surface area contributed by atoms with Crippen LogP contribution in [-0.4, -0.2) is 31.9 Å². The first-order chi connectivity index (χ1) is 14.3. The van der Waals surface area contributed by atoms with E-state index < -0.39 is 21.4 Å². The summed E-state index contributed by atoms with van der Waals surface area (Å²) in [6.07, 6.45) is 2.09. The largest absolute Gasteiger partial charge is 0.360 e. The molecule has 1 atom stereocenters. The lowest BCUT2D eigenvalue weighted by molar-refractivity contribution is 0.0938. The molecule has 3 rings (SSSR count). The van der Waals surface area contributed by atoms with Gasteiger partial charge in [-0.25, -0.2) is 8.42 Å². The smallest absolute Gasteiger partial charge is 0.264 e. The van der Waals surface area contributed by atoms with Crippen molar-refractivity contribution < 1.29 is 13.2 Å². The lowest BCUT2D eigenvalue weighted by Gasteiger charge is -2.23. The Balaban J connectivity index is 2.08. The molecule has 30 heavy (non-hydrogen) atoms. The third kappa shape index (κ3) is 4.09. The maximum Gasteiger partial charge on any atom is 0.264 e. The van der Waals surface area contributed by atoms with Gasteiger partial charge in [0.15, 0.2) is 0 Å². The number of rotatable bonds is 7. The topological polar surface area (TPSA) is 99.3 Å². The van der Waals surface area contributed by atoms with E-state index in [9.17, 15) is 18.0 Å². The normalized spacial score (nSPS) is 12.5. The molecule has 0 saturated carbocycles. The first-order valence-electron chi connectivity index (χ1n) is 9.83. The Morgan fingerprint density at radius 3 is 2.47 bits per heavy atom. The third-order valence-corrected chi connectivity index (χ3v) is 6.91. The summed E-state index contributed by atoms with van der Waals surface area (Å²) in [7, 11) is -3.89. The number of carbonyl (C=O) groups is 1. The number of hydrogen-bond acceptors (Lipinski definition) is 4. The molecule has 3 aromatic rings. The van der Waals surface area contributed by atoms with Gasteiger partial charge in [-0.3, -0.25) is 13.9 Å². The van der Waals surface area contributed by atoms with Crippen molar-refractivity contribution in [2.45, 2.75) is 38.1 Å². The minimum Gasteiger partial charge on any atom is -0.360 e. The number of anilines is 1. The molecule has 2 aromatic carbocycles. The predicted molar refractivity (Wildman–Crippen MR) is 118 cm³/mol. The molecular formula is C22H25N3O4S. The van der Waals surface area contributed by atoms with Crippen LogP contribution in [0.5, 0.6) is 0 Å². The van der Waals surface area contributed by atoms with E-state index in [-0.39, 0.29) is 28.4 Å². The Kier molecular flexibility index (Phi) is 6.26. The summed E-state index contributed by atoms with van der Waals surface area (Å²) in [4.78, 5) is 28.3. The summed E-state index contributed by atoms with van der Waals surface area (Å²) in [5.41, 5.74) is 0.439. The molecule has 1 amide bonds. The van der Waals surface area contributed by atoms with E-state index in [1.54, 1.807) is 37.3 Å². The lowest BCUT2D eigenvalue weighted by atomic mass is 10.1. The number of fused-ring (bicyclic) bond motifs is 1. The molecule has 0 spiro atoms. The molecule has 0 aliphatic rings. The number of H-pyrrole nitrogens is 1. The van der Waals surface area contributed by atoms with Gasteiger partial charge in [0.05, 0.1) is 10.6 Å². The molecule has 0 saturated heterocycles. The maximum atomic E-state index is 13.3. The second-order valence-corrected chi connectivity index (χ2v) is 8.89. The first kappa shape index (κ1) is 21.6. The van der Waals surface area contributed by atoms with Crippen LogP contribution in [0.2, 0.25) is 0 Å². The van der Waals surface area contributed by atoms with Gasteiger partial charge in [-0.1, -0.05) is 25.1 Å². The van der Waals surface area contributed by atoms with E-state index in [4.69, 9.17) is 0 Å². The zero-order valence-corrected chi connectivity index (χ0v) is 18.0. The molecule has 0 unspecified atom stereocenters. The second kappa shape index (κ2) is 8.71. The standard InChI is InChI=1S/C22H25N3O4S/c1-4-15(3)24-22(27)19-14-23-20-12-11-17(13-18(20)21(19)26)30(28,29)25(5-2)16-9-7-6-8-10-16/h6-15H,4-5H2,1-3H3,(H,23,26)(H,24,27)/t15-/m1/s1. The molecule has 0 radical (unpaired) electrons. The monoisotopic (exact) mass is 427 g/mol. The Hall–Kier alpha value is -3.13. The Morgan fingerprint density at radius 2 is 1.83 bits per heavy atom. The minimum absolute atomic E-state index is 0.00862. The number of amides is 1. The van der Waals surface area contributed by atoms with Gasteiger partial charge in [0, 0.05) is 29.7 Å². The van der Waals surface area contributed by atoms with E-state index in [1.165, 1.54) is 22.6 Å². The Bertz CT molecular complexity index is 1220. The average molecular weight is 428 g/mol. The van der Waals surface area contributed by atoms with Gasteiger partial charge in [-0.05, 0) is 50.6 Å². The van der Waals surface area contributed by atoms with Gasteiger partial charge < -0.3 is 10.3 Å². The summed E-state index contributed by atoms with van der Waals surface area (Å²) >= 11 is 0. The summed E-state index contributed by atoms with van der Waals surface area (Å²) in [5.74, 6) is -0.486. The summed E-state index contributed by atoms with van der Waals surface area (Å²) in [6.45, 7) is 5.76. The minimum atomic E-state index is -3.89. The summed E-state index contributed by atoms with van der Waals surface area (Å²) in [6, 6.07) is 13.0. The highest BCUT2D eigenvalue weighted by Gasteiger charge is 2.24. The highest BCUT2D eigenvalue weighted by atomic mass is 32.2. The molecule has 158 valence electrons. The first-order valence-corrected chi connectivity index (χ1v) is 11.3. The quantitative estimate of drug-likeness (QED) is 0.604. The number of para-hydroxylation sites is 1. The molecule has 1 aromatic heterocycles. The van der Waals surface area contributed by atoms with Crippen LogP contribution in [-0.2, 0) is 10.0 Å². The molecule has 0 bridgehead atoms. The number of hydrogen-bond donors (Lipinski definition) is 2. The van der Waals surface area contributed by atoms with Gasteiger partial charge in [-0.15, -0.1) is 0 Å². The van der Waals surface area contributed by atoms with Gasteiger partial charge in [-0.2, -0.15) is 0 Å². The fourth-order valence-corrected chi connectivity index (χ4v) is 4.64. The van der Waals surface area contributed by atoms with E-state index in [1.807, 2.05) is 19.9 Å². The highest BCUT2D eigenvalue weighted by molar-refractivity contribution is 7.92. The van der Waals surface area contributed by atoms with Crippen LogP contribution in [0.1, 0.15) is 37.6 Å². The van der Waals surface area contributed by atoms with Crippen molar-refractivity contribution in [1.29, 1.82) is 0 Å². The van der Waals surface area contributed by atoms with Crippen LogP contribution in [0.4, 0.5) is 5.69 Å². The van der Waals surface area contributed by atoms with Crippen LogP contribution in [0, 0.1) is 0 Å². The van der Waals surface area contributed by atoms with Crippen molar-refractivity contribution >= 4 is 32.5 Å². The van der Waals surface area contributed by atoms with Crippen molar-refractivity contribution in [3.63, 3.8) is 0 Å². The van der Waals surface area contributed by atoms with Crippen molar-refractivity contribution in [2.24, 2.45) is 0 Å². The Labute approximate surface area is 175 Å². The number of benzene rings is 2. The second-order valence-electron chi connectivity index (χ2n) is 7.03.